The fourth-order valence-electron chi connectivity index (χ4n) is 2.86. The second-order valence-corrected chi connectivity index (χ2v) is 8.04. The summed E-state index contributed by atoms with van der Waals surface area (Å²) < 4.78 is 0. The second kappa shape index (κ2) is 8.33. The molecule has 2 N–H and O–H groups in total. The third kappa shape index (κ3) is 4.34. The summed E-state index contributed by atoms with van der Waals surface area (Å²) in [6.07, 6.45) is 3.18. The second-order valence-electron chi connectivity index (χ2n) is 5.92. The number of amides is 1. The van der Waals surface area contributed by atoms with Crippen LogP contribution in [0.4, 0.5) is 0 Å². The van der Waals surface area contributed by atoms with Crippen LogP contribution in [0.25, 0.3) is 5.57 Å². The minimum absolute atomic E-state index is 0.0305. The van der Waals surface area contributed by atoms with E-state index in [0.29, 0.717) is 17.1 Å². The first-order valence-corrected chi connectivity index (χ1v) is 10.0. The van der Waals surface area contributed by atoms with Crippen LogP contribution in [0, 0.1) is 0 Å². The molecule has 3 rings (SSSR count). The molecule has 0 radical (unpaired) electrons. The summed E-state index contributed by atoms with van der Waals surface area (Å²) in [7, 11) is 0. The predicted octanol–water partition coefficient (Wildman–Crippen LogP) is 4.50. The fraction of sp³-hybridized carbons (Fsp3) is 0.263. The molecule has 0 bridgehead atoms. The Balaban J connectivity index is 2.06. The number of thioether (sulfide) groups is 1. The standard InChI is InChI=1S/C19H18Cl2N2O2S/c1-2-26-17-7-3-11(9-15(17)21)13(10-12-4-8-18(24)22-12)16-6-5-14(20)19(25)23-16/h3,5-7,9-10,12H,2,4,8H2,1H3,(H,22,24)(H,23,25)/b13-10+/t12-/m1/s1. The topological polar surface area (TPSA) is 62.0 Å². The molecule has 1 aromatic carbocycles. The van der Waals surface area contributed by atoms with Crippen LogP contribution in [-0.2, 0) is 4.79 Å². The largest absolute Gasteiger partial charge is 0.350 e. The van der Waals surface area contributed by atoms with Gasteiger partial charge < -0.3 is 10.3 Å². The Morgan fingerprint density at radius 1 is 1.23 bits per heavy atom. The number of carbonyl (C=O) groups is 1. The van der Waals surface area contributed by atoms with Gasteiger partial charge in [0.15, 0.2) is 0 Å². The Bertz CT molecular complexity index is 924. The maximum atomic E-state index is 12.0. The molecule has 1 aromatic heterocycles. The summed E-state index contributed by atoms with van der Waals surface area (Å²) in [6.45, 7) is 2.07. The summed E-state index contributed by atoms with van der Waals surface area (Å²) in [5, 5.41) is 3.72. The number of H-pyrrole nitrogens is 1. The zero-order valence-electron chi connectivity index (χ0n) is 14.1. The zero-order valence-corrected chi connectivity index (χ0v) is 16.5. The van der Waals surface area contributed by atoms with Crippen molar-refractivity contribution in [1.29, 1.82) is 0 Å². The lowest BCUT2D eigenvalue weighted by molar-refractivity contribution is -0.119. The molecule has 7 heteroatoms. The molecule has 2 heterocycles. The van der Waals surface area contributed by atoms with Gasteiger partial charge in [-0.25, -0.2) is 0 Å². The number of aromatic amines is 1. The highest BCUT2D eigenvalue weighted by Gasteiger charge is 2.20. The number of halogens is 2. The van der Waals surface area contributed by atoms with E-state index >= 15 is 0 Å². The van der Waals surface area contributed by atoms with Crippen LogP contribution in [0.1, 0.15) is 31.0 Å². The number of benzene rings is 1. The highest BCUT2D eigenvalue weighted by molar-refractivity contribution is 7.99. The van der Waals surface area contributed by atoms with Crippen LogP contribution in [0.5, 0.6) is 0 Å². The molecule has 1 fully saturated rings. The predicted molar refractivity (Wildman–Crippen MR) is 108 cm³/mol. The van der Waals surface area contributed by atoms with Gasteiger partial charge in [0, 0.05) is 28.6 Å². The van der Waals surface area contributed by atoms with E-state index in [1.807, 2.05) is 24.3 Å². The van der Waals surface area contributed by atoms with Gasteiger partial charge in [0.05, 0.1) is 5.02 Å². The molecule has 0 aliphatic carbocycles. The zero-order chi connectivity index (χ0) is 18.7. The average molecular weight is 409 g/mol. The highest BCUT2D eigenvalue weighted by atomic mass is 35.5. The summed E-state index contributed by atoms with van der Waals surface area (Å²) in [5.74, 6) is 0.961. The van der Waals surface area contributed by atoms with Gasteiger partial charge in [0.1, 0.15) is 5.02 Å². The third-order valence-electron chi connectivity index (χ3n) is 4.09. The first-order valence-electron chi connectivity index (χ1n) is 8.31. The molecule has 1 aliphatic heterocycles. The van der Waals surface area contributed by atoms with Gasteiger partial charge in [-0.1, -0.05) is 42.3 Å². The Labute approximate surface area is 166 Å². The van der Waals surface area contributed by atoms with Crippen molar-refractivity contribution in [2.24, 2.45) is 0 Å². The number of rotatable bonds is 5. The molecular formula is C19H18Cl2N2O2S. The van der Waals surface area contributed by atoms with E-state index in [1.54, 1.807) is 23.9 Å². The molecule has 1 aliphatic rings. The van der Waals surface area contributed by atoms with Gasteiger partial charge in [-0.2, -0.15) is 0 Å². The van der Waals surface area contributed by atoms with Crippen LogP contribution in [-0.4, -0.2) is 22.7 Å². The lowest BCUT2D eigenvalue weighted by atomic mass is 9.99. The van der Waals surface area contributed by atoms with Crippen molar-refractivity contribution in [2.45, 2.75) is 30.7 Å². The van der Waals surface area contributed by atoms with Crippen molar-refractivity contribution in [2.75, 3.05) is 5.75 Å². The SMILES string of the molecule is CCSc1ccc(/C(=C\[C@H]2CCC(=O)N2)c2ccc(Cl)c(=O)[nH]2)cc1Cl. The smallest absolute Gasteiger partial charge is 0.267 e. The summed E-state index contributed by atoms with van der Waals surface area (Å²) in [4.78, 5) is 27.3. The van der Waals surface area contributed by atoms with Crippen molar-refractivity contribution in [3.63, 3.8) is 0 Å². The molecule has 26 heavy (non-hydrogen) atoms. The van der Waals surface area contributed by atoms with Crippen LogP contribution in [0.2, 0.25) is 10.0 Å². The Hall–Kier alpha value is -1.69. The summed E-state index contributed by atoms with van der Waals surface area (Å²) in [6, 6.07) is 9.07. The Morgan fingerprint density at radius 2 is 2.04 bits per heavy atom. The summed E-state index contributed by atoms with van der Waals surface area (Å²) >= 11 is 14.0. The lowest BCUT2D eigenvalue weighted by Gasteiger charge is -2.13. The quantitative estimate of drug-likeness (QED) is 0.715. The van der Waals surface area contributed by atoms with Crippen molar-refractivity contribution in [3.8, 4) is 0 Å². The first kappa shape index (κ1) is 19.1. The molecule has 1 atom stereocenters. The third-order valence-corrected chi connectivity index (χ3v) is 5.77. The van der Waals surface area contributed by atoms with E-state index in [0.717, 1.165) is 28.2 Å². The van der Waals surface area contributed by atoms with Gasteiger partial charge in [-0.05, 0) is 42.0 Å². The van der Waals surface area contributed by atoms with Crippen LogP contribution < -0.4 is 10.9 Å². The maximum absolute atomic E-state index is 12.0. The molecule has 1 amide bonds. The monoisotopic (exact) mass is 408 g/mol. The molecule has 2 aromatic rings. The number of pyridine rings is 1. The number of aromatic nitrogens is 1. The number of carbonyl (C=O) groups excluding carboxylic acids is 1. The van der Waals surface area contributed by atoms with E-state index in [4.69, 9.17) is 23.2 Å². The van der Waals surface area contributed by atoms with Gasteiger partial charge in [0.2, 0.25) is 5.91 Å². The van der Waals surface area contributed by atoms with Gasteiger partial charge in [-0.15, -0.1) is 11.8 Å². The van der Waals surface area contributed by atoms with E-state index in [1.165, 1.54) is 0 Å². The van der Waals surface area contributed by atoms with Crippen molar-refractivity contribution < 1.29 is 4.79 Å². The Morgan fingerprint density at radius 3 is 2.65 bits per heavy atom. The molecule has 136 valence electrons. The number of hydrogen-bond donors (Lipinski definition) is 2. The average Bonchev–Trinajstić information content (AvgIpc) is 3.02. The first-order chi connectivity index (χ1) is 12.5. The van der Waals surface area contributed by atoms with Crippen molar-refractivity contribution in [1.82, 2.24) is 10.3 Å². The molecule has 0 saturated carbocycles. The van der Waals surface area contributed by atoms with Gasteiger partial charge in [-0.3, -0.25) is 9.59 Å². The Kier molecular flexibility index (Phi) is 6.12. The molecule has 1 saturated heterocycles. The van der Waals surface area contributed by atoms with E-state index in [9.17, 15) is 9.59 Å². The maximum Gasteiger partial charge on any atom is 0.267 e. The van der Waals surface area contributed by atoms with Crippen LogP contribution in [0.15, 0.2) is 46.1 Å². The minimum atomic E-state index is -0.352. The van der Waals surface area contributed by atoms with Crippen molar-refractivity contribution in [3.05, 3.63) is 68.1 Å². The normalized spacial score (nSPS) is 17.4. The molecule has 4 nitrogen and oxygen atoms in total. The van der Waals surface area contributed by atoms with Gasteiger partial charge in [0.25, 0.3) is 5.56 Å². The summed E-state index contributed by atoms with van der Waals surface area (Å²) in [5.41, 5.74) is 1.96. The minimum Gasteiger partial charge on any atom is -0.350 e. The number of hydrogen-bond acceptors (Lipinski definition) is 3. The fourth-order valence-corrected chi connectivity index (χ4v) is 3.99. The van der Waals surface area contributed by atoms with E-state index in [2.05, 4.69) is 17.2 Å². The lowest BCUT2D eigenvalue weighted by Crippen LogP contribution is -2.23. The van der Waals surface area contributed by atoms with E-state index in [-0.39, 0.29) is 22.5 Å². The van der Waals surface area contributed by atoms with Crippen molar-refractivity contribution >= 4 is 46.4 Å². The van der Waals surface area contributed by atoms with Crippen LogP contribution in [0.3, 0.4) is 0 Å². The molecule has 0 spiro atoms. The van der Waals surface area contributed by atoms with Gasteiger partial charge >= 0.3 is 0 Å². The highest BCUT2D eigenvalue weighted by Crippen LogP contribution is 2.32. The van der Waals surface area contributed by atoms with E-state index < -0.39 is 0 Å². The number of nitrogens with one attached hydrogen (secondary N) is 2. The van der Waals surface area contributed by atoms with Crippen LogP contribution >= 0.6 is 35.0 Å². The molecule has 0 unspecified atom stereocenters. The molecular weight excluding hydrogens is 391 g/mol.